The molecule has 2 atom stereocenters. The summed E-state index contributed by atoms with van der Waals surface area (Å²) in [6, 6.07) is 0.437. The fourth-order valence-corrected chi connectivity index (χ4v) is 1.42. The smallest absolute Gasteiger partial charge is 0.0506 e. The van der Waals surface area contributed by atoms with Crippen LogP contribution in [0.15, 0.2) is 0 Å². The number of nitrogens with two attached hydrogens (primary N) is 1. The molecule has 1 aliphatic heterocycles. The molecule has 3 N–H and O–H groups in total. The van der Waals surface area contributed by atoms with Gasteiger partial charge in [0.15, 0.2) is 0 Å². The molecule has 1 rings (SSSR count). The van der Waals surface area contributed by atoms with Gasteiger partial charge in [0.05, 0.1) is 6.61 Å². The van der Waals surface area contributed by atoms with E-state index in [1.54, 1.807) is 0 Å². The second kappa shape index (κ2) is 5.51. The molecule has 12 heavy (non-hydrogen) atoms. The van der Waals surface area contributed by atoms with Crippen LogP contribution in [0, 0.1) is 5.92 Å². The zero-order valence-electron chi connectivity index (χ0n) is 7.88. The third kappa shape index (κ3) is 3.52. The van der Waals surface area contributed by atoms with Gasteiger partial charge in [-0.05, 0) is 25.7 Å². The molecule has 0 aliphatic carbocycles. The van der Waals surface area contributed by atoms with Crippen molar-refractivity contribution >= 4 is 0 Å². The molecular formula is C9H20N2O. The summed E-state index contributed by atoms with van der Waals surface area (Å²) < 4.78 is 5.38. The standard InChI is InChI=1S/C9H20N2O/c1-8(5-10)11-6-9-3-2-4-12-7-9/h8-9,11H,2-7,10H2,1H3/t8-,9?/m1/s1. The zero-order valence-corrected chi connectivity index (χ0v) is 7.88. The molecule has 72 valence electrons. The van der Waals surface area contributed by atoms with Crippen molar-refractivity contribution in [3.8, 4) is 0 Å². The summed E-state index contributed by atoms with van der Waals surface area (Å²) >= 11 is 0. The van der Waals surface area contributed by atoms with Gasteiger partial charge in [-0.25, -0.2) is 0 Å². The van der Waals surface area contributed by atoms with Crippen molar-refractivity contribution in [1.82, 2.24) is 5.32 Å². The lowest BCUT2D eigenvalue weighted by molar-refractivity contribution is 0.0541. The molecule has 1 saturated heterocycles. The summed E-state index contributed by atoms with van der Waals surface area (Å²) in [5.74, 6) is 0.702. The summed E-state index contributed by atoms with van der Waals surface area (Å²) in [7, 11) is 0. The van der Waals surface area contributed by atoms with Crippen molar-refractivity contribution in [3.05, 3.63) is 0 Å². The van der Waals surface area contributed by atoms with Gasteiger partial charge in [0, 0.05) is 25.7 Å². The maximum Gasteiger partial charge on any atom is 0.0506 e. The van der Waals surface area contributed by atoms with Gasteiger partial charge in [-0.1, -0.05) is 0 Å². The first kappa shape index (κ1) is 9.96. The van der Waals surface area contributed by atoms with Crippen molar-refractivity contribution < 1.29 is 4.74 Å². The van der Waals surface area contributed by atoms with Gasteiger partial charge in [0.1, 0.15) is 0 Å². The summed E-state index contributed by atoms with van der Waals surface area (Å²) in [4.78, 5) is 0. The first-order chi connectivity index (χ1) is 5.83. The van der Waals surface area contributed by atoms with Crippen molar-refractivity contribution in [2.24, 2.45) is 11.7 Å². The van der Waals surface area contributed by atoms with Gasteiger partial charge in [0.25, 0.3) is 0 Å². The Balaban J connectivity index is 2.05. The van der Waals surface area contributed by atoms with Crippen LogP contribution < -0.4 is 11.1 Å². The second-order valence-corrected chi connectivity index (χ2v) is 3.63. The number of ether oxygens (including phenoxy) is 1. The molecule has 3 heteroatoms. The van der Waals surface area contributed by atoms with E-state index in [1.165, 1.54) is 12.8 Å². The molecule has 1 aliphatic rings. The van der Waals surface area contributed by atoms with Crippen LogP contribution in [0.4, 0.5) is 0 Å². The zero-order chi connectivity index (χ0) is 8.81. The molecule has 0 aromatic carbocycles. The summed E-state index contributed by atoms with van der Waals surface area (Å²) in [6.07, 6.45) is 2.51. The molecule has 1 heterocycles. The van der Waals surface area contributed by atoms with E-state index >= 15 is 0 Å². The topological polar surface area (TPSA) is 47.3 Å². The molecular weight excluding hydrogens is 152 g/mol. The maximum atomic E-state index is 5.49. The quantitative estimate of drug-likeness (QED) is 0.643. The highest BCUT2D eigenvalue weighted by Gasteiger charge is 2.13. The van der Waals surface area contributed by atoms with Crippen LogP contribution in [0.3, 0.4) is 0 Å². The molecule has 0 spiro atoms. The Hall–Kier alpha value is -0.120. The number of rotatable bonds is 4. The predicted molar refractivity (Wildman–Crippen MR) is 50.1 cm³/mol. The Bertz CT molecular complexity index is 113. The van der Waals surface area contributed by atoms with E-state index in [0.717, 1.165) is 19.8 Å². The molecule has 0 radical (unpaired) electrons. The van der Waals surface area contributed by atoms with E-state index < -0.39 is 0 Å². The lowest BCUT2D eigenvalue weighted by atomic mass is 10.0. The minimum Gasteiger partial charge on any atom is -0.381 e. The third-order valence-electron chi connectivity index (χ3n) is 2.36. The van der Waals surface area contributed by atoms with Crippen molar-refractivity contribution in [1.29, 1.82) is 0 Å². The van der Waals surface area contributed by atoms with Crippen molar-refractivity contribution in [3.63, 3.8) is 0 Å². The van der Waals surface area contributed by atoms with Crippen LogP contribution in [-0.4, -0.2) is 32.3 Å². The van der Waals surface area contributed by atoms with Crippen LogP contribution >= 0.6 is 0 Å². The Kier molecular flexibility index (Phi) is 4.58. The number of hydrogen-bond acceptors (Lipinski definition) is 3. The number of nitrogens with one attached hydrogen (secondary N) is 1. The van der Waals surface area contributed by atoms with E-state index in [9.17, 15) is 0 Å². The summed E-state index contributed by atoms with van der Waals surface area (Å²) in [6.45, 7) is 5.75. The maximum absolute atomic E-state index is 5.49. The molecule has 0 aromatic heterocycles. The molecule has 0 bridgehead atoms. The highest BCUT2D eigenvalue weighted by Crippen LogP contribution is 2.12. The average Bonchev–Trinajstić information content (AvgIpc) is 2.16. The minimum absolute atomic E-state index is 0.437. The second-order valence-electron chi connectivity index (χ2n) is 3.63. The molecule has 1 unspecified atom stereocenters. The largest absolute Gasteiger partial charge is 0.381 e. The Morgan fingerprint density at radius 2 is 2.50 bits per heavy atom. The predicted octanol–water partition coefficient (Wildman–Crippen LogP) is 0.350. The van der Waals surface area contributed by atoms with E-state index in [2.05, 4.69) is 12.2 Å². The summed E-state index contributed by atoms with van der Waals surface area (Å²) in [5.41, 5.74) is 5.49. The first-order valence-corrected chi connectivity index (χ1v) is 4.84. The SMILES string of the molecule is C[C@H](CN)NCC1CCCOC1. The Labute approximate surface area is 74.7 Å². The normalized spacial score (nSPS) is 27.0. The lowest BCUT2D eigenvalue weighted by Gasteiger charge is -2.23. The van der Waals surface area contributed by atoms with Gasteiger partial charge >= 0.3 is 0 Å². The van der Waals surface area contributed by atoms with Gasteiger partial charge in [-0.3, -0.25) is 0 Å². The molecule has 0 saturated carbocycles. The Morgan fingerprint density at radius 3 is 3.08 bits per heavy atom. The Morgan fingerprint density at radius 1 is 1.67 bits per heavy atom. The van der Waals surface area contributed by atoms with Gasteiger partial charge < -0.3 is 15.8 Å². The van der Waals surface area contributed by atoms with E-state index in [0.29, 0.717) is 18.5 Å². The molecule has 1 fully saturated rings. The van der Waals surface area contributed by atoms with Gasteiger partial charge in [-0.2, -0.15) is 0 Å². The lowest BCUT2D eigenvalue weighted by Crippen LogP contribution is -2.38. The van der Waals surface area contributed by atoms with E-state index in [4.69, 9.17) is 10.5 Å². The number of hydrogen-bond donors (Lipinski definition) is 2. The van der Waals surface area contributed by atoms with E-state index in [-0.39, 0.29) is 0 Å². The fraction of sp³-hybridized carbons (Fsp3) is 1.00. The van der Waals surface area contributed by atoms with Crippen LogP contribution in [0.5, 0.6) is 0 Å². The van der Waals surface area contributed by atoms with E-state index in [1.807, 2.05) is 0 Å². The first-order valence-electron chi connectivity index (χ1n) is 4.84. The van der Waals surface area contributed by atoms with Crippen molar-refractivity contribution in [2.45, 2.75) is 25.8 Å². The van der Waals surface area contributed by atoms with Crippen LogP contribution in [0.2, 0.25) is 0 Å². The average molecular weight is 172 g/mol. The third-order valence-corrected chi connectivity index (χ3v) is 2.36. The van der Waals surface area contributed by atoms with Gasteiger partial charge in [0.2, 0.25) is 0 Å². The van der Waals surface area contributed by atoms with Crippen LogP contribution in [0.1, 0.15) is 19.8 Å². The van der Waals surface area contributed by atoms with Crippen molar-refractivity contribution in [2.75, 3.05) is 26.3 Å². The summed E-state index contributed by atoms with van der Waals surface area (Å²) in [5, 5.41) is 3.40. The monoisotopic (exact) mass is 172 g/mol. The fourth-order valence-electron chi connectivity index (χ4n) is 1.42. The highest BCUT2D eigenvalue weighted by atomic mass is 16.5. The van der Waals surface area contributed by atoms with Crippen LogP contribution in [-0.2, 0) is 4.74 Å². The molecule has 3 nitrogen and oxygen atoms in total. The minimum atomic E-state index is 0.437. The van der Waals surface area contributed by atoms with Crippen LogP contribution in [0.25, 0.3) is 0 Å². The van der Waals surface area contributed by atoms with Gasteiger partial charge in [-0.15, -0.1) is 0 Å². The highest BCUT2D eigenvalue weighted by molar-refractivity contribution is 4.69. The molecule has 0 aromatic rings. The molecule has 0 amide bonds.